The predicted molar refractivity (Wildman–Crippen MR) is 166 cm³/mol. The van der Waals surface area contributed by atoms with Gasteiger partial charge >= 0.3 is 30.0 Å². The van der Waals surface area contributed by atoms with E-state index in [4.69, 9.17) is 18.9 Å². The summed E-state index contributed by atoms with van der Waals surface area (Å²) in [7, 11) is 0. The Morgan fingerprint density at radius 3 is 1.80 bits per heavy atom. The van der Waals surface area contributed by atoms with Crippen molar-refractivity contribution in [1.82, 2.24) is 5.32 Å². The predicted octanol–water partition coefficient (Wildman–Crippen LogP) is 6.12. The molecule has 2 rings (SSSR count). The maximum absolute atomic E-state index is 13.0. The van der Waals surface area contributed by atoms with Gasteiger partial charge in [0, 0.05) is 12.8 Å². The highest BCUT2D eigenvalue weighted by atomic mass is 16.6. The van der Waals surface area contributed by atoms with E-state index in [1.165, 1.54) is 25.1 Å². The summed E-state index contributed by atoms with van der Waals surface area (Å²) in [4.78, 5) is 64.2. The standard InChI is InChI=1S/C34H45NO10/c1-21(42-26(36)23-14-12-11-13-15-23)19-34(27(37)38,35-30(41)45-33(8,9)10)20-22-16-17-24(43-28(39)31(2,3)4)25(18-22)44-29(40)32(5,6)7/h11-18,21H,19-20H2,1-10H3,(H,35,41)(H,37,38)/t21-,34?/m1/s1. The number of alkyl carbamates (subject to hydrolysis) is 1. The molecule has 0 fully saturated rings. The first-order chi connectivity index (χ1) is 20.5. The SMILES string of the molecule is C[C@H](CC(Cc1ccc(OC(=O)C(C)(C)C)c(OC(=O)C(C)(C)C)c1)(NC(=O)OC(C)(C)C)C(=O)O)OC(=O)c1ccccc1. The van der Waals surface area contributed by atoms with Gasteiger partial charge in [-0.1, -0.05) is 24.3 Å². The number of amides is 1. The number of esters is 3. The van der Waals surface area contributed by atoms with Crippen molar-refractivity contribution in [2.45, 2.75) is 99.3 Å². The quantitative estimate of drug-likeness (QED) is 0.233. The van der Waals surface area contributed by atoms with Gasteiger partial charge in [-0.3, -0.25) is 9.59 Å². The highest BCUT2D eigenvalue weighted by molar-refractivity contribution is 5.89. The number of benzene rings is 2. The zero-order chi connectivity index (χ0) is 34.4. The van der Waals surface area contributed by atoms with E-state index in [1.54, 1.807) is 92.6 Å². The molecule has 2 aromatic carbocycles. The Labute approximate surface area is 264 Å². The van der Waals surface area contributed by atoms with Gasteiger partial charge in [0.05, 0.1) is 16.4 Å². The largest absolute Gasteiger partial charge is 0.479 e. The van der Waals surface area contributed by atoms with Crippen LogP contribution >= 0.6 is 0 Å². The second-order valence-electron chi connectivity index (χ2n) is 14.0. The van der Waals surface area contributed by atoms with E-state index >= 15 is 0 Å². The Hall–Kier alpha value is -4.41. The smallest absolute Gasteiger partial charge is 0.408 e. The fourth-order valence-electron chi connectivity index (χ4n) is 3.92. The Morgan fingerprint density at radius 2 is 1.31 bits per heavy atom. The number of carbonyl (C=O) groups excluding carboxylic acids is 4. The number of hydrogen-bond donors (Lipinski definition) is 2. The van der Waals surface area contributed by atoms with Crippen LogP contribution in [-0.2, 0) is 30.3 Å². The van der Waals surface area contributed by atoms with Crippen molar-refractivity contribution in [2.24, 2.45) is 10.8 Å². The first-order valence-corrected chi connectivity index (χ1v) is 14.6. The molecular formula is C34H45NO10. The van der Waals surface area contributed by atoms with E-state index in [0.29, 0.717) is 5.56 Å². The van der Waals surface area contributed by atoms with Gasteiger partial charge in [0.2, 0.25) is 0 Å². The lowest BCUT2D eigenvalue weighted by molar-refractivity contribution is -0.146. The van der Waals surface area contributed by atoms with E-state index in [0.717, 1.165) is 0 Å². The van der Waals surface area contributed by atoms with E-state index in [9.17, 15) is 29.1 Å². The number of aliphatic carboxylic acids is 1. The molecule has 0 radical (unpaired) electrons. The third-order valence-electron chi connectivity index (χ3n) is 6.25. The van der Waals surface area contributed by atoms with Crippen molar-refractivity contribution >= 4 is 30.0 Å². The Kier molecular flexibility index (Phi) is 11.6. The van der Waals surface area contributed by atoms with Gasteiger partial charge in [-0.2, -0.15) is 0 Å². The minimum Gasteiger partial charge on any atom is -0.479 e. The molecule has 2 N–H and O–H groups in total. The van der Waals surface area contributed by atoms with Crippen LogP contribution in [0.3, 0.4) is 0 Å². The van der Waals surface area contributed by atoms with Crippen LogP contribution in [0.1, 0.15) is 91.6 Å². The lowest BCUT2D eigenvalue weighted by Crippen LogP contribution is -2.58. The van der Waals surface area contributed by atoms with Crippen molar-refractivity contribution in [3.05, 3.63) is 59.7 Å². The van der Waals surface area contributed by atoms with Gasteiger partial charge in [-0.15, -0.1) is 0 Å². The fraction of sp³-hybridized carbons (Fsp3) is 0.500. The normalized spacial score (nSPS) is 13.9. The summed E-state index contributed by atoms with van der Waals surface area (Å²) in [5.41, 5.74) is -4.19. The Bertz CT molecular complexity index is 1400. The maximum atomic E-state index is 13.0. The van der Waals surface area contributed by atoms with Crippen LogP contribution in [-0.4, -0.2) is 52.3 Å². The van der Waals surface area contributed by atoms with Gasteiger partial charge in [0.25, 0.3) is 0 Å². The molecule has 0 saturated heterocycles. The molecule has 0 bridgehead atoms. The molecule has 0 aliphatic rings. The number of carboxylic acids is 1. The summed E-state index contributed by atoms with van der Waals surface area (Å²) in [6.45, 7) is 16.4. The molecule has 11 nitrogen and oxygen atoms in total. The molecule has 0 saturated carbocycles. The first kappa shape index (κ1) is 36.8. The number of carboxylic acid groups (broad SMARTS) is 1. The van der Waals surface area contributed by atoms with E-state index in [-0.39, 0.29) is 29.9 Å². The van der Waals surface area contributed by atoms with E-state index < -0.39 is 58.0 Å². The summed E-state index contributed by atoms with van der Waals surface area (Å²) in [5, 5.41) is 13.0. The molecule has 0 aromatic heterocycles. The number of ether oxygens (including phenoxy) is 4. The lowest BCUT2D eigenvalue weighted by Gasteiger charge is -2.34. The van der Waals surface area contributed by atoms with Crippen LogP contribution in [0, 0.1) is 10.8 Å². The van der Waals surface area contributed by atoms with Crippen LogP contribution in [0.15, 0.2) is 48.5 Å². The van der Waals surface area contributed by atoms with Crippen LogP contribution < -0.4 is 14.8 Å². The van der Waals surface area contributed by atoms with Crippen LogP contribution in [0.25, 0.3) is 0 Å². The average Bonchev–Trinajstić information content (AvgIpc) is 2.88. The maximum Gasteiger partial charge on any atom is 0.408 e. The van der Waals surface area contributed by atoms with Crippen LogP contribution in [0.4, 0.5) is 4.79 Å². The molecule has 1 amide bonds. The average molecular weight is 628 g/mol. The third kappa shape index (κ3) is 11.2. The number of hydrogen-bond acceptors (Lipinski definition) is 9. The highest BCUT2D eigenvalue weighted by Gasteiger charge is 2.44. The molecule has 246 valence electrons. The molecule has 0 aliphatic carbocycles. The van der Waals surface area contributed by atoms with Crippen molar-refractivity contribution in [3.8, 4) is 11.5 Å². The summed E-state index contributed by atoms with van der Waals surface area (Å²) in [6.07, 6.45) is -2.67. The number of carbonyl (C=O) groups is 5. The Morgan fingerprint density at radius 1 is 0.778 bits per heavy atom. The third-order valence-corrected chi connectivity index (χ3v) is 6.25. The summed E-state index contributed by atoms with van der Waals surface area (Å²) in [5.74, 6) is -3.43. The number of rotatable bonds is 10. The topological polar surface area (TPSA) is 155 Å². The molecular weight excluding hydrogens is 582 g/mol. The van der Waals surface area contributed by atoms with Gasteiger partial charge in [-0.05, 0) is 99.1 Å². The minimum atomic E-state index is -2.05. The minimum absolute atomic E-state index is 0.0394. The summed E-state index contributed by atoms with van der Waals surface area (Å²) >= 11 is 0. The first-order valence-electron chi connectivity index (χ1n) is 14.6. The molecule has 2 atom stereocenters. The molecule has 0 heterocycles. The molecule has 0 aliphatic heterocycles. The second kappa shape index (κ2) is 14.1. The van der Waals surface area contributed by atoms with Gasteiger partial charge in [-0.25, -0.2) is 14.4 Å². The summed E-state index contributed by atoms with van der Waals surface area (Å²) in [6, 6.07) is 12.5. The van der Waals surface area contributed by atoms with E-state index in [1.807, 2.05) is 0 Å². The molecule has 0 spiro atoms. The molecule has 45 heavy (non-hydrogen) atoms. The van der Waals surface area contributed by atoms with Crippen molar-refractivity contribution in [1.29, 1.82) is 0 Å². The zero-order valence-corrected chi connectivity index (χ0v) is 27.7. The van der Waals surface area contributed by atoms with Crippen molar-refractivity contribution in [3.63, 3.8) is 0 Å². The second-order valence-corrected chi connectivity index (χ2v) is 14.0. The lowest BCUT2D eigenvalue weighted by atomic mass is 9.85. The summed E-state index contributed by atoms with van der Waals surface area (Å²) < 4.78 is 22.1. The highest BCUT2D eigenvalue weighted by Crippen LogP contribution is 2.34. The molecule has 2 aromatic rings. The zero-order valence-electron chi connectivity index (χ0n) is 27.7. The number of nitrogens with one attached hydrogen (secondary N) is 1. The molecule has 11 heteroatoms. The van der Waals surface area contributed by atoms with Gasteiger partial charge in [0.1, 0.15) is 17.2 Å². The Balaban J connectivity index is 2.56. The van der Waals surface area contributed by atoms with Gasteiger partial charge in [0.15, 0.2) is 11.5 Å². The fourth-order valence-corrected chi connectivity index (χ4v) is 3.92. The monoisotopic (exact) mass is 627 g/mol. The van der Waals surface area contributed by atoms with Gasteiger partial charge < -0.3 is 29.4 Å². The van der Waals surface area contributed by atoms with Crippen LogP contribution in [0.5, 0.6) is 11.5 Å². The molecule has 1 unspecified atom stereocenters. The van der Waals surface area contributed by atoms with E-state index in [2.05, 4.69) is 5.32 Å². The van der Waals surface area contributed by atoms with Crippen molar-refractivity contribution in [2.75, 3.05) is 0 Å². The van der Waals surface area contributed by atoms with Crippen LogP contribution in [0.2, 0.25) is 0 Å². The van der Waals surface area contributed by atoms with Crippen molar-refractivity contribution < 1.29 is 48.0 Å².